The van der Waals surface area contributed by atoms with E-state index >= 15 is 0 Å². The Hall–Kier alpha value is -1.46. The second-order valence-electron chi connectivity index (χ2n) is 5.21. The number of likely N-dealkylation sites (N-methyl/N-ethyl adjacent to an activating group) is 1. The maximum atomic E-state index is 11.9. The SMILES string of the molecule is CC(C)[C@H](N)C(=O)Nc1ccc2c(c1)N(C)CCO2.Cl. The first-order chi connectivity index (χ1) is 8.99. The van der Waals surface area contributed by atoms with Crippen molar-refractivity contribution in [1.82, 2.24) is 0 Å². The van der Waals surface area contributed by atoms with Crippen molar-refractivity contribution in [3.05, 3.63) is 18.2 Å². The molecule has 1 aliphatic heterocycles. The number of nitrogens with two attached hydrogens (primary N) is 1. The van der Waals surface area contributed by atoms with E-state index < -0.39 is 6.04 Å². The fourth-order valence-electron chi connectivity index (χ4n) is 1.96. The summed E-state index contributed by atoms with van der Waals surface area (Å²) in [5, 5.41) is 2.85. The zero-order valence-corrected chi connectivity index (χ0v) is 12.9. The summed E-state index contributed by atoms with van der Waals surface area (Å²) < 4.78 is 5.56. The number of halogens is 1. The molecule has 1 aliphatic rings. The van der Waals surface area contributed by atoms with E-state index in [9.17, 15) is 4.79 Å². The van der Waals surface area contributed by atoms with Crippen molar-refractivity contribution in [3.63, 3.8) is 0 Å². The first-order valence-corrected chi connectivity index (χ1v) is 6.53. The van der Waals surface area contributed by atoms with Gasteiger partial charge in [-0.25, -0.2) is 0 Å². The molecule has 1 heterocycles. The molecule has 3 N–H and O–H groups in total. The Morgan fingerprint density at radius 1 is 1.45 bits per heavy atom. The van der Waals surface area contributed by atoms with Crippen molar-refractivity contribution in [3.8, 4) is 5.75 Å². The molecule has 1 amide bonds. The lowest BCUT2D eigenvalue weighted by atomic mass is 10.0. The lowest BCUT2D eigenvalue weighted by Crippen LogP contribution is -2.39. The van der Waals surface area contributed by atoms with Crippen LogP contribution in [0.4, 0.5) is 11.4 Å². The predicted octanol–water partition coefficient (Wildman–Crippen LogP) is 1.86. The molecule has 0 bridgehead atoms. The van der Waals surface area contributed by atoms with E-state index in [1.165, 1.54) is 0 Å². The van der Waals surface area contributed by atoms with E-state index in [0.717, 1.165) is 23.7 Å². The van der Waals surface area contributed by atoms with Crippen LogP contribution in [0.5, 0.6) is 5.75 Å². The molecule has 0 aromatic heterocycles. The average molecular weight is 300 g/mol. The number of fused-ring (bicyclic) bond motifs is 1. The minimum absolute atomic E-state index is 0. The van der Waals surface area contributed by atoms with Crippen molar-refractivity contribution in [2.45, 2.75) is 19.9 Å². The van der Waals surface area contributed by atoms with Gasteiger partial charge in [-0.3, -0.25) is 4.79 Å². The summed E-state index contributed by atoms with van der Waals surface area (Å²) in [5.41, 5.74) is 7.56. The molecule has 1 aromatic rings. The molecule has 0 saturated carbocycles. The summed E-state index contributed by atoms with van der Waals surface area (Å²) in [6.45, 7) is 5.39. The standard InChI is InChI=1S/C14H21N3O2.ClH/c1-9(2)13(15)14(18)16-10-4-5-12-11(8-10)17(3)6-7-19-12;/h4-5,8-9,13H,6-7,15H2,1-3H3,(H,16,18);1H/t13-;/m0./s1. The van der Waals surface area contributed by atoms with Gasteiger partial charge in [0.15, 0.2) is 0 Å². The van der Waals surface area contributed by atoms with Crippen LogP contribution in [-0.4, -0.2) is 32.1 Å². The highest BCUT2D eigenvalue weighted by Gasteiger charge is 2.19. The Kier molecular flexibility index (Phi) is 5.65. The molecule has 0 fully saturated rings. The topological polar surface area (TPSA) is 67.6 Å². The minimum atomic E-state index is -0.495. The van der Waals surface area contributed by atoms with Crippen LogP contribution >= 0.6 is 12.4 Å². The van der Waals surface area contributed by atoms with E-state index in [1.54, 1.807) is 0 Å². The highest BCUT2D eigenvalue weighted by Crippen LogP contribution is 2.33. The Morgan fingerprint density at radius 2 is 2.15 bits per heavy atom. The number of benzene rings is 1. The monoisotopic (exact) mass is 299 g/mol. The Morgan fingerprint density at radius 3 is 2.80 bits per heavy atom. The van der Waals surface area contributed by atoms with Gasteiger partial charge in [0.1, 0.15) is 12.4 Å². The second kappa shape index (κ2) is 6.81. The molecule has 0 saturated heterocycles. The lowest BCUT2D eigenvalue weighted by molar-refractivity contribution is -0.118. The molecular weight excluding hydrogens is 278 g/mol. The highest BCUT2D eigenvalue weighted by molar-refractivity contribution is 5.95. The highest BCUT2D eigenvalue weighted by atomic mass is 35.5. The molecule has 2 rings (SSSR count). The molecule has 1 atom stereocenters. The summed E-state index contributed by atoms with van der Waals surface area (Å²) >= 11 is 0. The molecule has 0 aliphatic carbocycles. The van der Waals surface area contributed by atoms with Crippen LogP contribution in [0.2, 0.25) is 0 Å². The summed E-state index contributed by atoms with van der Waals surface area (Å²) in [6, 6.07) is 5.13. The molecule has 1 aromatic carbocycles. The smallest absolute Gasteiger partial charge is 0.241 e. The number of nitrogens with one attached hydrogen (secondary N) is 1. The predicted molar refractivity (Wildman–Crippen MR) is 83.9 cm³/mol. The average Bonchev–Trinajstić information content (AvgIpc) is 2.38. The number of hydrogen-bond donors (Lipinski definition) is 2. The third-order valence-electron chi connectivity index (χ3n) is 3.34. The summed E-state index contributed by atoms with van der Waals surface area (Å²) in [5.74, 6) is 0.804. The van der Waals surface area contributed by atoms with Gasteiger partial charge in [-0.15, -0.1) is 12.4 Å². The number of carbonyl (C=O) groups is 1. The number of carbonyl (C=O) groups excluding carboxylic acids is 1. The van der Waals surface area contributed by atoms with Crippen LogP contribution in [0.15, 0.2) is 18.2 Å². The van der Waals surface area contributed by atoms with Crippen molar-refractivity contribution in [2.24, 2.45) is 11.7 Å². The summed E-state index contributed by atoms with van der Waals surface area (Å²) in [7, 11) is 2.01. The van der Waals surface area contributed by atoms with Gasteiger partial charge in [-0.1, -0.05) is 13.8 Å². The number of hydrogen-bond acceptors (Lipinski definition) is 4. The van der Waals surface area contributed by atoms with E-state index in [2.05, 4.69) is 10.2 Å². The number of amides is 1. The molecule has 0 unspecified atom stereocenters. The van der Waals surface area contributed by atoms with Gasteiger partial charge in [0.25, 0.3) is 0 Å². The van der Waals surface area contributed by atoms with Gasteiger partial charge >= 0.3 is 0 Å². The molecule has 0 radical (unpaired) electrons. The van der Waals surface area contributed by atoms with Crippen LogP contribution in [0.25, 0.3) is 0 Å². The lowest BCUT2D eigenvalue weighted by Gasteiger charge is -2.28. The van der Waals surface area contributed by atoms with Gasteiger partial charge < -0.3 is 20.7 Å². The van der Waals surface area contributed by atoms with E-state index in [1.807, 2.05) is 39.1 Å². The van der Waals surface area contributed by atoms with Crippen molar-refractivity contribution < 1.29 is 9.53 Å². The van der Waals surface area contributed by atoms with Gasteiger partial charge in [0.05, 0.1) is 18.3 Å². The Balaban J connectivity index is 0.00000200. The van der Waals surface area contributed by atoms with E-state index in [-0.39, 0.29) is 24.2 Å². The third-order valence-corrected chi connectivity index (χ3v) is 3.34. The molecule has 5 nitrogen and oxygen atoms in total. The van der Waals surface area contributed by atoms with Gasteiger partial charge in [0.2, 0.25) is 5.91 Å². The number of anilines is 2. The zero-order chi connectivity index (χ0) is 14.0. The molecule has 0 spiro atoms. The van der Waals surface area contributed by atoms with E-state index in [0.29, 0.717) is 6.61 Å². The van der Waals surface area contributed by atoms with Crippen LogP contribution in [-0.2, 0) is 4.79 Å². The molecular formula is C14H22ClN3O2. The van der Waals surface area contributed by atoms with Crippen molar-refractivity contribution in [2.75, 3.05) is 30.4 Å². The Labute approximate surface area is 125 Å². The number of rotatable bonds is 3. The van der Waals surface area contributed by atoms with Gasteiger partial charge in [-0.05, 0) is 24.1 Å². The maximum absolute atomic E-state index is 11.9. The first kappa shape index (κ1) is 16.6. The Bertz CT molecular complexity index is 479. The summed E-state index contributed by atoms with van der Waals surface area (Å²) in [6.07, 6.45) is 0. The number of nitrogens with zero attached hydrogens (tertiary/aromatic N) is 1. The normalized spacial score (nSPS) is 14.9. The summed E-state index contributed by atoms with van der Waals surface area (Å²) in [4.78, 5) is 14.0. The fourth-order valence-corrected chi connectivity index (χ4v) is 1.96. The fraction of sp³-hybridized carbons (Fsp3) is 0.500. The zero-order valence-electron chi connectivity index (χ0n) is 12.1. The number of ether oxygens (including phenoxy) is 1. The molecule has 112 valence electrons. The molecule has 20 heavy (non-hydrogen) atoms. The minimum Gasteiger partial charge on any atom is -0.490 e. The van der Waals surface area contributed by atoms with Crippen molar-refractivity contribution in [1.29, 1.82) is 0 Å². The van der Waals surface area contributed by atoms with Gasteiger partial charge in [-0.2, -0.15) is 0 Å². The van der Waals surface area contributed by atoms with Gasteiger partial charge in [0, 0.05) is 12.7 Å². The quantitative estimate of drug-likeness (QED) is 0.894. The maximum Gasteiger partial charge on any atom is 0.241 e. The van der Waals surface area contributed by atoms with Crippen LogP contribution < -0.4 is 20.7 Å². The van der Waals surface area contributed by atoms with E-state index in [4.69, 9.17) is 10.5 Å². The van der Waals surface area contributed by atoms with Crippen LogP contribution in [0.1, 0.15) is 13.8 Å². The molecule has 6 heteroatoms. The first-order valence-electron chi connectivity index (χ1n) is 6.53. The van der Waals surface area contributed by atoms with Crippen LogP contribution in [0, 0.1) is 5.92 Å². The van der Waals surface area contributed by atoms with Crippen LogP contribution in [0.3, 0.4) is 0 Å². The second-order valence-corrected chi connectivity index (χ2v) is 5.21. The van der Waals surface area contributed by atoms with Crippen molar-refractivity contribution >= 4 is 29.7 Å². The third kappa shape index (κ3) is 3.55. The largest absolute Gasteiger partial charge is 0.490 e.